The summed E-state index contributed by atoms with van der Waals surface area (Å²) in [6, 6.07) is 4.03. The average Bonchev–Trinajstić information content (AvgIpc) is 2.39. The Labute approximate surface area is 94.0 Å². The fourth-order valence-electron chi connectivity index (χ4n) is 0.987. The minimum Gasteiger partial charge on any atom is -0.257 e. The first kappa shape index (κ1) is 10.7. The number of unbranched alkanes of at least 4 members (excludes halogenated alkanes) is 2. The van der Waals surface area contributed by atoms with Gasteiger partial charge in [0, 0.05) is 19.0 Å². The Hall–Kier alpha value is -0.340. The fourth-order valence-corrected chi connectivity index (χ4v) is 2.18. The number of nitriles is 1. The summed E-state index contributed by atoms with van der Waals surface area (Å²) in [7, 11) is 0. The molecule has 0 bridgehead atoms. The molecule has 0 fully saturated rings. The summed E-state index contributed by atoms with van der Waals surface area (Å²) in [4.78, 5) is 0. The quantitative estimate of drug-likeness (QED) is 0.802. The Morgan fingerprint density at radius 2 is 2.23 bits per heavy atom. The Morgan fingerprint density at radius 1 is 1.46 bits per heavy atom. The van der Waals surface area contributed by atoms with E-state index in [4.69, 9.17) is 5.26 Å². The molecule has 0 radical (unpaired) electrons. The highest BCUT2D eigenvalue weighted by Gasteiger charge is 2.01. The molecular formula is C8H9Br2N3. The second kappa shape index (κ2) is 5.40. The van der Waals surface area contributed by atoms with E-state index in [2.05, 4.69) is 43.0 Å². The average molecular weight is 307 g/mol. The maximum absolute atomic E-state index is 8.33. The molecule has 13 heavy (non-hydrogen) atoms. The van der Waals surface area contributed by atoms with Crippen LogP contribution in [0.15, 0.2) is 15.3 Å². The molecule has 0 spiro atoms. The van der Waals surface area contributed by atoms with Gasteiger partial charge in [-0.2, -0.15) is 10.4 Å². The first-order valence-corrected chi connectivity index (χ1v) is 5.58. The van der Waals surface area contributed by atoms with Crippen LogP contribution in [0, 0.1) is 11.3 Å². The molecule has 0 amide bonds. The van der Waals surface area contributed by atoms with Crippen molar-refractivity contribution in [2.45, 2.75) is 25.8 Å². The normalized spacial score (nSPS) is 9.92. The summed E-state index contributed by atoms with van der Waals surface area (Å²) in [6.07, 6.45) is 2.54. The van der Waals surface area contributed by atoms with Crippen molar-refractivity contribution in [3.8, 4) is 6.07 Å². The predicted octanol–water partition coefficient (Wildman–Crippen LogP) is 3.10. The van der Waals surface area contributed by atoms with Gasteiger partial charge >= 0.3 is 0 Å². The van der Waals surface area contributed by atoms with Crippen molar-refractivity contribution in [2.75, 3.05) is 0 Å². The number of aryl methyl sites for hydroxylation is 1. The monoisotopic (exact) mass is 305 g/mol. The number of hydrogen-bond acceptors (Lipinski definition) is 2. The minimum atomic E-state index is 0.625. The van der Waals surface area contributed by atoms with Crippen molar-refractivity contribution in [3.63, 3.8) is 0 Å². The molecule has 1 rings (SSSR count). The highest BCUT2D eigenvalue weighted by Crippen LogP contribution is 2.16. The van der Waals surface area contributed by atoms with Crippen LogP contribution in [0.3, 0.4) is 0 Å². The van der Waals surface area contributed by atoms with Crippen LogP contribution in [0.2, 0.25) is 0 Å². The van der Waals surface area contributed by atoms with Gasteiger partial charge in [0.25, 0.3) is 0 Å². The topological polar surface area (TPSA) is 41.6 Å². The van der Waals surface area contributed by atoms with Crippen LogP contribution in [0.25, 0.3) is 0 Å². The molecule has 0 unspecified atom stereocenters. The van der Waals surface area contributed by atoms with E-state index in [1.807, 2.05) is 10.7 Å². The van der Waals surface area contributed by atoms with Crippen molar-refractivity contribution in [1.29, 1.82) is 5.26 Å². The molecular weight excluding hydrogens is 298 g/mol. The van der Waals surface area contributed by atoms with Crippen LogP contribution in [0.4, 0.5) is 0 Å². The van der Waals surface area contributed by atoms with Gasteiger partial charge in [0.1, 0.15) is 9.21 Å². The zero-order chi connectivity index (χ0) is 9.68. The van der Waals surface area contributed by atoms with Gasteiger partial charge in [-0.15, -0.1) is 0 Å². The molecule has 0 aromatic carbocycles. The Kier molecular flexibility index (Phi) is 4.46. The van der Waals surface area contributed by atoms with Crippen molar-refractivity contribution in [1.82, 2.24) is 9.78 Å². The van der Waals surface area contributed by atoms with Crippen LogP contribution < -0.4 is 0 Å². The summed E-state index contributed by atoms with van der Waals surface area (Å²) >= 11 is 6.68. The van der Waals surface area contributed by atoms with Crippen molar-refractivity contribution >= 4 is 31.9 Å². The van der Waals surface area contributed by atoms with Gasteiger partial charge in [-0.25, -0.2) is 0 Å². The molecule has 5 heteroatoms. The third kappa shape index (κ3) is 3.49. The molecule has 0 saturated heterocycles. The molecule has 0 N–H and O–H groups in total. The molecule has 1 aromatic heterocycles. The summed E-state index contributed by atoms with van der Waals surface area (Å²) in [5.41, 5.74) is 0. The third-order valence-corrected chi connectivity index (χ3v) is 2.64. The van der Waals surface area contributed by atoms with E-state index >= 15 is 0 Å². The number of hydrogen-bond donors (Lipinski definition) is 0. The van der Waals surface area contributed by atoms with E-state index in [0.29, 0.717) is 6.42 Å². The molecule has 0 saturated carbocycles. The lowest BCUT2D eigenvalue weighted by molar-refractivity contribution is 0.550. The van der Waals surface area contributed by atoms with Gasteiger partial charge in [-0.05, 0) is 44.7 Å². The summed E-state index contributed by atoms with van der Waals surface area (Å²) < 4.78 is 3.68. The third-order valence-electron chi connectivity index (χ3n) is 1.61. The predicted molar refractivity (Wildman–Crippen MR) is 57.1 cm³/mol. The minimum absolute atomic E-state index is 0.625. The standard InChI is InChI=1S/C8H9Br2N3/c9-7-6-8(10)13(12-7)5-3-1-2-4-11/h6H,1-3,5H2. The number of nitrogens with zero attached hydrogens (tertiary/aromatic N) is 3. The second-order valence-corrected chi connectivity index (χ2v) is 4.25. The zero-order valence-corrected chi connectivity index (χ0v) is 10.2. The Morgan fingerprint density at radius 3 is 2.77 bits per heavy atom. The summed E-state index contributed by atoms with van der Waals surface area (Å²) in [5.74, 6) is 0. The molecule has 0 aliphatic carbocycles. The molecule has 1 heterocycles. The smallest absolute Gasteiger partial charge is 0.129 e. The second-order valence-electron chi connectivity index (χ2n) is 2.63. The molecule has 1 aromatic rings. The van der Waals surface area contributed by atoms with E-state index in [1.54, 1.807) is 0 Å². The van der Waals surface area contributed by atoms with Crippen LogP contribution in [0.1, 0.15) is 19.3 Å². The molecule has 0 aliphatic heterocycles. The first-order valence-electron chi connectivity index (χ1n) is 4.00. The Balaban J connectivity index is 2.37. The van der Waals surface area contributed by atoms with Gasteiger partial charge in [-0.3, -0.25) is 4.68 Å². The fraction of sp³-hybridized carbons (Fsp3) is 0.500. The number of halogens is 2. The maximum Gasteiger partial charge on any atom is 0.129 e. The highest BCUT2D eigenvalue weighted by atomic mass is 79.9. The van der Waals surface area contributed by atoms with Gasteiger partial charge < -0.3 is 0 Å². The van der Waals surface area contributed by atoms with Crippen molar-refractivity contribution < 1.29 is 0 Å². The zero-order valence-electron chi connectivity index (χ0n) is 7.00. The van der Waals surface area contributed by atoms with E-state index in [1.165, 1.54) is 0 Å². The van der Waals surface area contributed by atoms with Crippen molar-refractivity contribution in [3.05, 3.63) is 15.3 Å². The van der Waals surface area contributed by atoms with Gasteiger partial charge in [0.05, 0.1) is 6.07 Å². The van der Waals surface area contributed by atoms with Gasteiger partial charge in [0.2, 0.25) is 0 Å². The van der Waals surface area contributed by atoms with E-state index < -0.39 is 0 Å². The van der Waals surface area contributed by atoms with E-state index in [9.17, 15) is 0 Å². The highest BCUT2D eigenvalue weighted by molar-refractivity contribution is 9.11. The number of rotatable bonds is 4. The lowest BCUT2D eigenvalue weighted by Gasteiger charge is -2.00. The lowest BCUT2D eigenvalue weighted by atomic mass is 10.2. The molecule has 3 nitrogen and oxygen atoms in total. The maximum atomic E-state index is 8.33. The SMILES string of the molecule is N#CCCCCn1nc(Br)cc1Br. The van der Waals surface area contributed by atoms with Crippen LogP contribution in [-0.2, 0) is 6.54 Å². The largest absolute Gasteiger partial charge is 0.257 e. The summed E-state index contributed by atoms with van der Waals surface area (Å²) in [6.45, 7) is 0.855. The van der Waals surface area contributed by atoms with E-state index in [0.717, 1.165) is 28.6 Å². The van der Waals surface area contributed by atoms with Crippen LogP contribution in [-0.4, -0.2) is 9.78 Å². The molecule has 0 atom stereocenters. The van der Waals surface area contributed by atoms with E-state index in [-0.39, 0.29) is 0 Å². The van der Waals surface area contributed by atoms with Crippen LogP contribution >= 0.6 is 31.9 Å². The lowest BCUT2D eigenvalue weighted by Crippen LogP contribution is -2.00. The first-order chi connectivity index (χ1) is 6.24. The van der Waals surface area contributed by atoms with Crippen molar-refractivity contribution in [2.24, 2.45) is 0 Å². The van der Waals surface area contributed by atoms with Gasteiger partial charge in [0.15, 0.2) is 0 Å². The number of aromatic nitrogens is 2. The summed E-state index contributed by atoms with van der Waals surface area (Å²) in [5, 5.41) is 12.5. The Bertz CT molecular complexity index is 314. The molecule has 0 aliphatic rings. The van der Waals surface area contributed by atoms with Crippen LogP contribution in [0.5, 0.6) is 0 Å². The molecule has 70 valence electrons. The van der Waals surface area contributed by atoms with Gasteiger partial charge in [-0.1, -0.05) is 0 Å².